The Bertz CT molecular complexity index is 708. The minimum absolute atomic E-state index is 0.118. The summed E-state index contributed by atoms with van der Waals surface area (Å²) in [4.78, 5) is 19.4. The van der Waals surface area contributed by atoms with Crippen molar-refractivity contribution in [3.8, 4) is 0 Å². The van der Waals surface area contributed by atoms with Crippen LogP contribution in [0.1, 0.15) is 49.1 Å². The van der Waals surface area contributed by atoms with Gasteiger partial charge in [0.25, 0.3) is 5.91 Å². The number of carbonyl (C=O) groups excluding carboxylic acids is 1. The molecule has 0 saturated carbocycles. The molecule has 2 aromatic heterocycles. The van der Waals surface area contributed by atoms with E-state index in [1.807, 2.05) is 40.9 Å². The van der Waals surface area contributed by atoms with E-state index in [2.05, 4.69) is 30.0 Å². The standard InChI is InChI=1S/C20H28N4O/c1-4-24-19(13-18(22-24)11-15(2)3)20(25)23-10-8-16(14-23)12-17-7-5-6-9-21-17/h5-7,9,13,15-16H,4,8,10-12,14H2,1-3H3. The van der Waals surface area contributed by atoms with Crippen LogP contribution in [0.5, 0.6) is 0 Å². The molecule has 0 radical (unpaired) electrons. The molecule has 1 unspecified atom stereocenters. The second kappa shape index (κ2) is 7.81. The molecular weight excluding hydrogens is 312 g/mol. The number of hydrogen-bond acceptors (Lipinski definition) is 3. The van der Waals surface area contributed by atoms with Crippen LogP contribution in [0.15, 0.2) is 30.5 Å². The second-order valence-corrected chi connectivity index (χ2v) is 7.37. The van der Waals surface area contributed by atoms with Gasteiger partial charge in [-0.1, -0.05) is 19.9 Å². The molecule has 0 aliphatic carbocycles. The van der Waals surface area contributed by atoms with E-state index < -0.39 is 0 Å². The average molecular weight is 340 g/mol. The molecule has 1 aliphatic rings. The molecule has 0 N–H and O–H groups in total. The van der Waals surface area contributed by atoms with Gasteiger partial charge in [0.2, 0.25) is 0 Å². The van der Waals surface area contributed by atoms with Crippen molar-refractivity contribution in [3.63, 3.8) is 0 Å². The number of amides is 1. The summed E-state index contributed by atoms with van der Waals surface area (Å²) in [5, 5.41) is 4.61. The minimum atomic E-state index is 0.118. The zero-order valence-corrected chi connectivity index (χ0v) is 15.5. The van der Waals surface area contributed by atoms with E-state index in [1.165, 1.54) is 0 Å². The predicted octanol–water partition coefficient (Wildman–Crippen LogP) is 3.20. The van der Waals surface area contributed by atoms with Crippen molar-refractivity contribution in [1.29, 1.82) is 0 Å². The molecule has 5 heteroatoms. The van der Waals surface area contributed by atoms with Gasteiger partial charge in [0.1, 0.15) is 5.69 Å². The van der Waals surface area contributed by atoms with Gasteiger partial charge in [0.15, 0.2) is 0 Å². The molecule has 1 amide bonds. The topological polar surface area (TPSA) is 51.0 Å². The van der Waals surface area contributed by atoms with E-state index in [-0.39, 0.29) is 5.91 Å². The maximum absolute atomic E-state index is 13.0. The Morgan fingerprint density at radius 3 is 2.84 bits per heavy atom. The highest BCUT2D eigenvalue weighted by molar-refractivity contribution is 5.93. The van der Waals surface area contributed by atoms with Crippen molar-refractivity contribution in [3.05, 3.63) is 47.5 Å². The van der Waals surface area contributed by atoms with Crippen molar-refractivity contribution < 1.29 is 4.79 Å². The van der Waals surface area contributed by atoms with Gasteiger partial charge in [-0.05, 0) is 56.2 Å². The number of likely N-dealkylation sites (tertiary alicyclic amines) is 1. The number of rotatable bonds is 6. The highest BCUT2D eigenvalue weighted by atomic mass is 16.2. The highest BCUT2D eigenvalue weighted by Gasteiger charge is 2.29. The fourth-order valence-corrected chi connectivity index (χ4v) is 3.56. The van der Waals surface area contributed by atoms with E-state index >= 15 is 0 Å². The van der Waals surface area contributed by atoms with Gasteiger partial charge in [-0.2, -0.15) is 5.10 Å². The van der Waals surface area contributed by atoms with Crippen LogP contribution >= 0.6 is 0 Å². The third-order valence-corrected chi connectivity index (χ3v) is 4.76. The summed E-state index contributed by atoms with van der Waals surface area (Å²) >= 11 is 0. The Morgan fingerprint density at radius 2 is 2.16 bits per heavy atom. The molecule has 1 saturated heterocycles. The van der Waals surface area contributed by atoms with Crippen LogP contribution in [-0.2, 0) is 19.4 Å². The lowest BCUT2D eigenvalue weighted by atomic mass is 10.0. The van der Waals surface area contributed by atoms with Crippen molar-refractivity contribution in [2.45, 2.75) is 46.6 Å². The second-order valence-electron chi connectivity index (χ2n) is 7.37. The molecule has 3 heterocycles. The average Bonchev–Trinajstić information content (AvgIpc) is 3.21. The third kappa shape index (κ3) is 4.27. The lowest BCUT2D eigenvalue weighted by Gasteiger charge is -2.17. The van der Waals surface area contributed by atoms with Crippen molar-refractivity contribution >= 4 is 5.91 Å². The molecule has 2 aromatic rings. The van der Waals surface area contributed by atoms with Crippen LogP contribution in [0.25, 0.3) is 0 Å². The third-order valence-electron chi connectivity index (χ3n) is 4.76. The van der Waals surface area contributed by atoms with Crippen LogP contribution in [0, 0.1) is 11.8 Å². The fraction of sp³-hybridized carbons (Fsp3) is 0.550. The number of hydrogen-bond donors (Lipinski definition) is 0. The van der Waals surface area contributed by atoms with E-state index in [4.69, 9.17) is 0 Å². The van der Waals surface area contributed by atoms with E-state index in [0.29, 0.717) is 11.8 Å². The summed E-state index contributed by atoms with van der Waals surface area (Å²) in [6.45, 7) is 8.75. The van der Waals surface area contributed by atoms with Crippen molar-refractivity contribution in [2.75, 3.05) is 13.1 Å². The zero-order chi connectivity index (χ0) is 17.8. The number of nitrogens with zero attached hydrogens (tertiary/aromatic N) is 4. The maximum atomic E-state index is 13.0. The molecule has 0 bridgehead atoms. The van der Waals surface area contributed by atoms with E-state index in [0.717, 1.165) is 56.0 Å². The van der Waals surface area contributed by atoms with Crippen molar-refractivity contribution in [2.24, 2.45) is 11.8 Å². The SMILES string of the molecule is CCn1nc(CC(C)C)cc1C(=O)N1CCC(Cc2ccccn2)C1. The first-order chi connectivity index (χ1) is 12.1. The van der Waals surface area contributed by atoms with Gasteiger partial charge >= 0.3 is 0 Å². The molecule has 0 spiro atoms. The molecule has 1 atom stereocenters. The molecule has 1 aliphatic heterocycles. The molecule has 0 aromatic carbocycles. The Kier molecular flexibility index (Phi) is 5.51. The van der Waals surface area contributed by atoms with E-state index in [9.17, 15) is 4.79 Å². The predicted molar refractivity (Wildman–Crippen MR) is 98.4 cm³/mol. The lowest BCUT2D eigenvalue weighted by molar-refractivity contribution is 0.0774. The molecule has 5 nitrogen and oxygen atoms in total. The molecule has 134 valence electrons. The monoisotopic (exact) mass is 340 g/mol. The fourth-order valence-electron chi connectivity index (χ4n) is 3.56. The number of aryl methyl sites for hydroxylation is 1. The maximum Gasteiger partial charge on any atom is 0.272 e. The van der Waals surface area contributed by atoms with Crippen LogP contribution in [0.3, 0.4) is 0 Å². The summed E-state index contributed by atoms with van der Waals surface area (Å²) < 4.78 is 1.85. The smallest absolute Gasteiger partial charge is 0.272 e. The van der Waals surface area contributed by atoms with Gasteiger partial charge < -0.3 is 4.90 Å². The van der Waals surface area contributed by atoms with Gasteiger partial charge in [-0.3, -0.25) is 14.5 Å². The number of pyridine rings is 1. The van der Waals surface area contributed by atoms with Crippen molar-refractivity contribution in [1.82, 2.24) is 19.7 Å². The first kappa shape index (κ1) is 17.6. The van der Waals surface area contributed by atoms with Crippen LogP contribution < -0.4 is 0 Å². The Labute approximate surface area is 150 Å². The van der Waals surface area contributed by atoms with Gasteiger partial charge in [-0.15, -0.1) is 0 Å². The van der Waals surface area contributed by atoms with Crippen LogP contribution in [-0.4, -0.2) is 38.7 Å². The van der Waals surface area contributed by atoms with Gasteiger partial charge in [0, 0.05) is 31.5 Å². The molecular formula is C20H28N4O. The van der Waals surface area contributed by atoms with E-state index in [1.54, 1.807) is 0 Å². The number of carbonyl (C=O) groups is 1. The molecule has 1 fully saturated rings. The minimum Gasteiger partial charge on any atom is -0.337 e. The van der Waals surface area contributed by atoms with Gasteiger partial charge in [-0.25, -0.2) is 0 Å². The summed E-state index contributed by atoms with van der Waals surface area (Å²) in [5.41, 5.74) is 2.86. The Hall–Kier alpha value is -2.17. The Morgan fingerprint density at radius 1 is 1.32 bits per heavy atom. The quantitative estimate of drug-likeness (QED) is 0.811. The largest absolute Gasteiger partial charge is 0.337 e. The zero-order valence-electron chi connectivity index (χ0n) is 15.5. The van der Waals surface area contributed by atoms with Crippen LogP contribution in [0.2, 0.25) is 0 Å². The molecule has 25 heavy (non-hydrogen) atoms. The first-order valence-electron chi connectivity index (χ1n) is 9.32. The summed E-state index contributed by atoms with van der Waals surface area (Å²) in [7, 11) is 0. The molecule has 3 rings (SSSR count). The lowest BCUT2D eigenvalue weighted by Crippen LogP contribution is -2.30. The summed E-state index contributed by atoms with van der Waals surface area (Å²) in [6, 6.07) is 8.01. The normalized spacial score (nSPS) is 17.4. The highest BCUT2D eigenvalue weighted by Crippen LogP contribution is 2.22. The Balaban J connectivity index is 1.66. The first-order valence-corrected chi connectivity index (χ1v) is 9.32. The number of aromatic nitrogens is 3. The van der Waals surface area contributed by atoms with Gasteiger partial charge in [0.05, 0.1) is 5.69 Å². The summed E-state index contributed by atoms with van der Waals surface area (Å²) in [5.74, 6) is 1.15. The van der Waals surface area contributed by atoms with Crippen LogP contribution in [0.4, 0.5) is 0 Å². The summed E-state index contributed by atoms with van der Waals surface area (Å²) in [6.07, 6.45) is 4.73.